The topological polar surface area (TPSA) is 49.5 Å². The molecule has 1 heterocycles. The molecular formula is C14H20N2O. The van der Waals surface area contributed by atoms with E-state index in [-0.39, 0.29) is 18.2 Å². The van der Waals surface area contributed by atoms with Crippen LogP contribution < -0.4 is 5.73 Å². The van der Waals surface area contributed by atoms with Crippen molar-refractivity contribution in [2.75, 3.05) is 6.54 Å². The zero-order valence-corrected chi connectivity index (χ0v) is 10.0. The Hall–Kier alpha value is -0.900. The Bertz CT molecular complexity index is 407. The first-order chi connectivity index (χ1) is 8.24. The van der Waals surface area contributed by atoms with Gasteiger partial charge in [-0.15, -0.1) is 0 Å². The van der Waals surface area contributed by atoms with E-state index < -0.39 is 0 Å². The van der Waals surface area contributed by atoms with Gasteiger partial charge in [0.25, 0.3) is 0 Å². The molecule has 92 valence electrons. The number of rotatable bonds is 1. The fourth-order valence-electron chi connectivity index (χ4n) is 3.22. The van der Waals surface area contributed by atoms with Crippen LogP contribution in [0.4, 0.5) is 0 Å². The van der Waals surface area contributed by atoms with Gasteiger partial charge in [0, 0.05) is 25.2 Å². The average Bonchev–Trinajstić information content (AvgIpc) is 2.68. The number of aliphatic hydroxyl groups excluding tert-OH is 1. The maximum atomic E-state index is 10.0. The van der Waals surface area contributed by atoms with Crippen molar-refractivity contribution in [2.45, 2.75) is 44.0 Å². The van der Waals surface area contributed by atoms with Gasteiger partial charge in [-0.25, -0.2) is 0 Å². The molecule has 1 aromatic rings. The number of aliphatic hydroxyl groups is 1. The Morgan fingerprint density at radius 1 is 1.18 bits per heavy atom. The lowest BCUT2D eigenvalue weighted by atomic mass is 9.98. The summed E-state index contributed by atoms with van der Waals surface area (Å²) in [6, 6.07) is 9.05. The summed E-state index contributed by atoms with van der Waals surface area (Å²) in [5.74, 6) is 0. The summed E-state index contributed by atoms with van der Waals surface area (Å²) in [6.45, 7) is 2.01. The van der Waals surface area contributed by atoms with Crippen LogP contribution in [0, 0.1) is 0 Å². The van der Waals surface area contributed by atoms with Gasteiger partial charge in [-0.05, 0) is 30.4 Å². The zero-order chi connectivity index (χ0) is 11.8. The first-order valence-electron chi connectivity index (χ1n) is 6.48. The van der Waals surface area contributed by atoms with E-state index >= 15 is 0 Å². The summed E-state index contributed by atoms with van der Waals surface area (Å²) in [5, 5.41) is 10.0. The van der Waals surface area contributed by atoms with Crippen molar-refractivity contribution in [1.82, 2.24) is 4.90 Å². The first kappa shape index (κ1) is 11.2. The summed E-state index contributed by atoms with van der Waals surface area (Å²) >= 11 is 0. The van der Waals surface area contributed by atoms with Crippen LogP contribution in [0.15, 0.2) is 24.3 Å². The van der Waals surface area contributed by atoms with Crippen molar-refractivity contribution in [1.29, 1.82) is 0 Å². The van der Waals surface area contributed by atoms with Crippen LogP contribution in [0.5, 0.6) is 0 Å². The standard InChI is InChI=1S/C14H20N2O/c15-12-7-13(14(17)8-12)16-6-5-10-3-1-2-4-11(10)9-16/h1-4,12-14,17H,5-9,15H2/t12?,13?,14-/m0/s1. The third kappa shape index (κ3) is 2.10. The molecule has 3 nitrogen and oxygen atoms in total. The van der Waals surface area contributed by atoms with Crippen molar-refractivity contribution in [2.24, 2.45) is 5.73 Å². The highest BCUT2D eigenvalue weighted by Gasteiger charge is 2.36. The molecule has 0 radical (unpaired) electrons. The lowest BCUT2D eigenvalue weighted by Crippen LogP contribution is -2.43. The fraction of sp³-hybridized carbons (Fsp3) is 0.571. The van der Waals surface area contributed by atoms with Crippen LogP contribution in [0.2, 0.25) is 0 Å². The van der Waals surface area contributed by atoms with Crippen molar-refractivity contribution in [3.63, 3.8) is 0 Å². The Kier molecular flexibility index (Phi) is 2.90. The van der Waals surface area contributed by atoms with Gasteiger partial charge in [0.05, 0.1) is 6.10 Å². The van der Waals surface area contributed by atoms with E-state index in [0.29, 0.717) is 0 Å². The molecule has 3 heteroatoms. The van der Waals surface area contributed by atoms with Gasteiger partial charge in [-0.3, -0.25) is 4.90 Å². The maximum Gasteiger partial charge on any atom is 0.0710 e. The molecule has 3 atom stereocenters. The number of nitrogens with two attached hydrogens (primary N) is 1. The lowest BCUT2D eigenvalue weighted by molar-refractivity contribution is 0.0626. The van der Waals surface area contributed by atoms with E-state index in [1.165, 1.54) is 11.1 Å². The van der Waals surface area contributed by atoms with Crippen LogP contribution in [0.25, 0.3) is 0 Å². The van der Waals surface area contributed by atoms with Crippen molar-refractivity contribution < 1.29 is 5.11 Å². The van der Waals surface area contributed by atoms with Gasteiger partial charge in [0.1, 0.15) is 0 Å². The minimum absolute atomic E-state index is 0.173. The molecule has 17 heavy (non-hydrogen) atoms. The zero-order valence-electron chi connectivity index (χ0n) is 10.0. The smallest absolute Gasteiger partial charge is 0.0710 e. The van der Waals surface area contributed by atoms with Crippen molar-refractivity contribution in [3.8, 4) is 0 Å². The molecule has 0 spiro atoms. The van der Waals surface area contributed by atoms with Gasteiger partial charge in [0.15, 0.2) is 0 Å². The van der Waals surface area contributed by atoms with Crippen LogP contribution in [-0.4, -0.2) is 34.7 Å². The van der Waals surface area contributed by atoms with Crippen molar-refractivity contribution in [3.05, 3.63) is 35.4 Å². The number of hydrogen-bond acceptors (Lipinski definition) is 3. The Labute approximate surface area is 102 Å². The van der Waals surface area contributed by atoms with Crippen molar-refractivity contribution >= 4 is 0 Å². The third-order valence-corrected chi connectivity index (χ3v) is 4.16. The minimum Gasteiger partial charge on any atom is -0.391 e. The van der Waals surface area contributed by atoms with E-state index in [0.717, 1.165) is 32.4 Å². The predicted molar refractivity (Wildman–Crippen MR) is 67.6 cm³/mol. The van der Waals surface area contributed by atoms with E-state index in [1.54, 1.807) is 0 Å². The van der Waals surface area contributed by atoms with E-state index in [4.69, 9.17) is 5.73 Å². The van der Waals surface area contributed by atoms with Crippen LogP contribution in [0.3, 0.4) is 0 Å². The molecular weight excluding hydrogens is 212 g/mol. The highest BCUT2D eigenvalue weighted by molar-refractivity contribution is 5.29. The van der Waals surface area contributed by atoms with Crippen LogP contribution in [0.1, 0.15) is 24.0 Å². The van der Waals surface area contributed by atoms with Gasteiger partial charge in [-0.2, -0.15) is 0 Å². The molecule has 1 aliphatic carbocycles. The molecule has 1 saturated carbocycles. The fourth-order valence-corrected chi connectivity index (χ4v) is 3.22. The summed E-state index contributed by atoms with van der Waals surface area (Å²) in [5.41, 5.74) is 8.80. The van der Waals surface area contributed by atoms with E-state index in [1.807, 2.05) is 0 Å². The van der Waals surface area contributed by atoms with E-state index in [2.05, 4.69) is 29.2 Å². The third-order valence-electron chi connectivity index (χ3n) is 4.16. The Balaban J connectivity index is 1.76. The lowest BCUT2D eigenvalue weighted by Gasteiger charge is -2.35. The molecule has 2 aliphatic rings. The second-order valence-electron chi connectivity index (χ2n) is 5.36. The molecule has 3 N–H and O–H groups in total. The van der Waals surface area contributed by atoms with E-state index in [9.17, 15) is 5.11 Å². The van der Waals surface area contributed by atoms with Gasteiger partial charge in [-0.1, -0.05) is 24.3 Å². The molecule has 1 fully saturated rings. The highest BCUT2D eigenvalue weighted by Crippen LogP contribution is 2.28. The Morgan fingerprint density at radius 2 is 1.94 bits per heavy atom. The number of benzene rings is 1. The summed E-state index contributed by atoms with van der Waals surface area (Å²) in [4.78, 5) is 2.40. The number of hydrogen-bond donors (Lipinski definition) is 2. The average molecular weight is 232 g/mol. The molecule has 3 rings (SSSR count). The predicted octanol–water partition coefficient (Wildman–Crippen LogP) is 0.895. The highest BCUT2D eigenvalue weighted by atomic mass is 16.3. The second kappa shape index (κ2) is 4.41. The molecule has 1 aromatic carbocycles. The Morgan fingerprint density at radius 3 is 2.65 bits per heavy atom. The minimum atomic E-state index is -0.240. The number of nitrogens with zero attached hydrogens (tertiary/aromatic N) is 1. The monoisotopic (exact) mass is 232 g/mol. The SMILES string of the molecule is NC1CC(N2CCc3ccccc3C2)[C@@H](O)C1. The van der Waals surface area contributed by atoms with Crippen LogP contribution in [-0.2, 0) is 13.0 Å². The molecule has 0 bridgehead atoms. The van der Waals surface area contributed by atoms with Gasteiger partial charge < -0.3 is 10.8 Å². The molecule has 1 aliphatic heterocycles. The maximum absolute atomic E-state index is 10.0. The normalized spacial score (nSPS) is 33.6. The molecule has 0 aromatic heterocycles. The van der Waals surface area contributed by atoms with Gasteiger partial charge in [0.2, 0.25) is 0 Å². The second-order valence-corrected chi connectivity index (χ2v) is 5.36. The van der Waals surface area contributed by atoms with Gasteiger partial charge >= 0.3 is 0 Å². The largest absolute Gasteiger partial charge is 0.391 e. The summed E-state index contributed by atoms with van der Waals surface area (Å²) < 4.78 is 0. The summed E-state index contributed by atoms with van der Waals surface area (Å²) in [7, 11) is 0. The molecule has 0 saturated heterocycles. The first-order valence-corrected chi connectivity index (χ1v) is 6.48. The van der Waals surface area contributed by atoms with Crippen LogP contribution >= 0.6 is 0 Å². The molecule has 0 amide bonds. The quantitative estimate of drug-likeness (QED) is 0.756. The molecule has 2 unspecified atom stereocenters. The summed E-state index contributed by atoms with van der Waals surface area (Å²) in [6.07, 6.45) is 2.54. The number of fused-ring (bicyclic) bond motifs is 1.